The van der Waals surface area contributed by atoms with E-state index in [1.165, 1.54) is 4.68 Å². The molecule has 1 heterocycles. The summed E-state index contributed by atoms with van der Waals surface area (Å²) in [5.74, 6) is 0.771. The van der Waals surface area contributed by atoms with Crippen molar-refractivity contribution in [3.05, 3.63) is 123 Å². The Labute approximate surface area is 181 Å². The van der Waals surface area contributed by atoms with Crippen molar-refractivity contribution in [3.63, 3.8) is 0 Å². The third kappa shape index (κ3) is 4.14. The molecule has 3 aromatic carbocycles. The summed E-state index contributed by atoms with van der Waals surface area (Å²) < 4.78 is 7.00. The second-order valence-corrected chi connectivity index (χ2v) is 7.30. The fourth-order valence-electron chi connectivity index (χ4n) is 3.55. The van der Waals surface area contributed by atoms with Gasteiger partial charge in [-0.1, -0.05) is 85.0 Å². The van der Waals surface area contributed by atoms with E-state index in [1.807, 2.05) is 97.9 Å². The van der Waals surface area contributed by atoms with Gasteiger partial charge in [-0.15, -0.1) is 0 Å². The Morgan fingerprint density at radius 1 is 0.968 bits per heavy atom. The summed E-state index contributed by atoms with van der Waals surface area (Å²) in [4.78, 5) is 13.4. The number of hydrogen-bond acceptors (Lipinski definition) is 2. The molecule has 4 heteroatoms. The van der Waals surface area contributed by atoms with Gasteiger partial charge in [-0.2, -0.15) is 0 Å². The van der Waals surface area contributed by atoms with Crippen molar-refractivity contribution in [2.24, 2.45) is 0 Å². The molecule has 4 aromatic rings. The molecule has 1 aromatic heterocycles. The van der Waals surface area contributed by atoms with Crippen LogP contribution < -0.4 is 20.9 Å². The smallest absolute Gasteiger partial charge is 0.279 e. The zero-order valence-corrected chi connectivity index (χ0v) is 17.6. The van der Waals surface area contributed by atoms with Crippen LogP contribution in [0.15, 0.2) is 89.7 Å². The second kappa shape index (κ2) is 8.76. The van der Waals surface area contributed by atoms with Gasteiger partial charge in [0.15, 0.2) is 0 Å². The molecule has 4 nitrogen and oxygen atoms in total. The predicted octanol–water partition coefficient (Wildman–Crippen LogP) is 3.81. The maximum Gasteiger partial charge on any atom is 0.279 e. The highest BCUT2D eigenvalue weighted by molar-refractivity contribution is 5.79. The van der Waals surface area contributed by atoms with Crippen molar-refractivity contribution >= 4 is 18.2 Å². The molecule has 0 aliphatic carbocycles. The lowest BCUT2D eigenvalue weighted by Crippen LogP contribution is -2.36. The summed E-state index contributed by atoms with van der Waals surface area (Å²) in [5.41, 5.74) is 4.45. The average molecular weight is 409 g/mol. The van der Waals surface area contributed by atoms with Crippen LogP contribution in [-0.2, 0) is 0 Å². The third-order valence-corrected chi connectivity index (χ3v) is 5.18. The van der Waals surface area contributed by atoms with Gasteiger partial charge in [0.25, 0.3) is 5.56 Å². The number of nitrogens with zero attached hydrogens (tertiary/aromatic N) is 1. The molecule has 4 rings (SSSR count). The van der Waals surface area contributed by atoms with E-state index in [0.29, 0.717) is 10.6 Å². The number of benzene rings is 3. The van der Waals surface area contributed by atoms with Crippen LogP contribution in [0.3, 0.4) is 0 Å². The zero-order valence-electron chi connectivity index (χ0n) is 17.6. The molecule has 0 bridgehead atoms. The monoisotopic (exact) mass is 408 g/mol. The summed E-state index contributed by atoms with van der Waals surface area (Å²) in [6, 6.07) is 25.4. The Morgan fingerprint density at radius 3 is 2.35 bits per heavy atom. The number of aryl methyl sites for hydroxylation is 1. The minimum absolute atomic E-state index is 0.142. The van der Waals surface area contributed by atoms with E-state index in [4.69, 9.17) is 4.74 Å². The highest BCUT2D eigenvalue weighted by Gasteiger charge is 2.10. The summed E-state index contributed by atoms with van der Waals surface area (Å²) in [6.45, 7) is 6.17. The van der Waals surface area contributed by atoms with Crippen LogP contribution in [0.5, 0.6) is 5.75 Å². The van der Waals surface area contributed by atoms with Gasteiger partial charge in [0.2, 0.25) is 0 Å². The molecule has 0 aliphatic heterocycles. The highest BCUT2D eigenvalue weighted by Crippen LogP contribution is 2.21. The number of allylic oxidation sites excluding steroid dienone is 1. The number of aromatic nitrogens is 2. The maximum absolute atomic E-state index is 13.4. The molecule has 0 amide bonds. The van der Waals surface area contributed by atoms with Gasteiger partial charge in [0, 0.05) is 5.56 Å². The van der Waals surface area contributed by atoms with Crippen molar-refractivity contribution in [1.29, 1.82) is 0 Å². The predicted molar refractivity (Wildman–Crippen MR) is 127 cm³/mol. The number of H-pyrrole nitrogens is 1. The molecular formula is C27H24N2O2. The molecule has 0 fully saturated rings. The zero-order chi connectivity index (χ0) is 21.8. The molecule has 0 saturated carbocycles. The van der Waals surface area contributed by atoms with Crippen molar-refractivity contribution < 1.29 is 4.74 Å². The Kier molecular flexibility index (Phi) is 5.72. The molecule has 0 atom stereocenters. The number of para-hydroxylation sites is 2. The SMILES string of the molecule is C=c1[nH]n(-c2ccccc2)c(=O)/c1=C(\C=C\c1ccccc1OC)c1ccc(C)cc1. The van der Waals surface area contributed by atoms with Crippen LogP contribution in [0.2, 0.25) is 0 Å². The van der Waals surface area contributed by atoms with Crippen molar-refractivity contribution in [2.45, 2.75) is 6.92 Å². The van der Waals surface area contributed by atoms with E-state index in [1.54, 1.807) is 7.11 Å². The first-order valence-corrected chi connectivity index (χ1v) is 10.1. The second-order valence-electron chi connectivity index (χ2n) is 7.30. The lowest BCUT2D eigenvalue weighted by molar-refractivity contribution is 0.414. The van der Waals surface area contributed by atoms with Gasteiger partial charge >= 0.3 is 0 Å². The number of aromatic amines is 1. The molecule has 0 spiro atoms. The molecule has 0 unspecified atom stereocenters. The first kappa shape index (κ1) is 20.2. The van der Waals surface area contributed by atoms with Crippen molar-refractivity contribution in [2.75, 3.05) is 7.11 Å². The normalized spacial score (nSPS) is 12.2. The third-order valence-electron chi connectivity index (χ3n) is 5.18. The molecule has 0 radical (unpaired) electrons. The van der Waals surface area contributed by atoms with E-state index < -0.39 is 0 Å². The number of methoxy groups -OCH3 is 1. The molecular weight excluding hydrogens is 384 g/mol. The van der Waals surface area contributed by atoms with Crippen molar-refractivity contribution in [1.82, 2.24) is 9.78 Å². The minimum Gasteiger partial charge on any atom is -0.496 e. The molecule has 0 saturated heterocycles. The lowest BCUT2D eigenvalue weighted by atomic mass is 10.0. The van der Waals surface area contributed by atoms with Crippen LogP contribution in [-0.4, -0.2) is 16.9 Å². The standard InChI is InChI=1S/C27H24N2O2/c1-19-13-15-21(16-14-19)24(18-17-22-9-7-8-12-25(22)31-3)26-20(2)28-29(27(26)30)23-10-5-4-6-11-23/h4-18,28H,2H2,1,3H3/b18-17+,26-24+. The van der Waals surface area contributed by atoms with Crippen LogP contribution in [0.25, 0.3) is 23.9 Å². The van der Waals surface area contributed by atoms with Gasteiger partial charge in [-0.25, -0.2) is 4.68 Å². The minimum atomic E-state index is -0.142. The fourth-order valence-corrected chi connectivity index (χ4v) is 3.55. The Hall–Kier alpha value is -4.05. The summed E-state index contributed by atoms with van der Waals surface area (Å²) in [5, 5.41) is 4.23. The highest BCUT2D eigenvalue weighted by atomic mass is 16.5. The number of rotatable bonds is 5. The van der Waals surface area contributed by atoms with Crippen LogP contribution in [0, 0.1) is 6.92 Å². The van der Waals surface area contributed by atoms with Crippen LogP contribution in [0.4, 0.5) is 0 Å². The first-order valence-electron chi connectivity index (χ1n) is 10.1. The molecule has 31 heavy (non-hydrogen) atoms. The van der Waals surface area contributed by atoms with E-state index >= 15 is 0 Å². The largest absolute Gasteiger partial charge is 0.496 e. The van der Waals surface area contributed by atoms with Crippen molar-refractivity contribution in [3.8, 4) is 11.4 Å². The fraction of sp³-hybridized carbons (Fsp3) is 0.0741. The molecule has 1 N–H and O–H groups in total. The van der Waals surface area contributed by atoms with Gasteiger partial charge in [0.05, 0.1) is 23.4 Å². The Bertz CT molecular complexity index is 1390. The average Bonchev–Trinajstić information content (AvgIpc) is 3.10. The van der Waals surface area contributed by atoms with E-state index in [0.717, 1.165) is 33.7 Å². The molecule has 154 valence electrons. The lowest BCUT2D eigenvalue weighted by Gasteiger charge is -2.06. The number of ether oxygens (including phenoxy) is 1. The van der Waals surface area contributed by atoms with Gasteiger partial charge < -0.3 is 4.74 Å². The quantitative estimate of drug-likeness (QED) is 0.546. The topological polar surface area (TPSA) is 47.0 Å². The Balaban J connectivity index is 1.98. The number of nitrogens with one attached hydrogen (secondary N) is 1. The maximum atomic E-state index is 13.4. The van der Waals surface area contributed by atoms with Gasteiger partial charge in [0.1, 0.15) is 5.75 Å². The number of hydrogen-bond donors (Lipinski definition) is 1. The summed E-state index contributed by atoms with van der Waals surface area (Å²) in [7, 11) is 1.65. The summed E-state index contributed by atoms with van der Waals surface area (Å²) >= 11 is 0. The van der Waals surface area contributed by atoms with E-state index in [-0.39, 0.29) is 5.56 Å². The van der Waals surface area contributed by atoms with Gasteiger partial charge in [-0.3, -0.25) is 9.89 Å². The van der Waals surface area contributed by atoms with Crippen LogP contribution in [0.1, 0.15) is 16.7 Å². The Morgan fingerprint density at radius 2 is 1.65 bits per heavy atom. The van der Waals surface area contributed by atoms with Gasteiger partial charge in [-0.05, 0) is 36.3 Å². The van der Waals surface area contributed by atoms with Crippen LogP contribution >= 0.6 is 0 Å². The van der Waals surface area contributed by atoms with E-state index in [9.17, 15) is 4.79 Å². The molecule has 0 aliphatic rings. The summed E-state index contributed by atoms with van der Waals surface area (Å²) in [6.07, 6.45) is 3.92. The van der Waals surface area contributed by atoms with E-state index in [2.05, 4.69) is 11.7 Å². The first-order chi connectivity index (χ1) is 15.1.